The van der Waals surface area contributed by atoms with Crippen LogP contribution in [0.4, 0.5) is 0 Å². The van der Waals surface area contributed by atoms with Crippen molar-refractivity contribution in [3.05, 3.63) is 57.2 Å². The molecule has 0 aliphatic rings. The van der Waals surface area contributed by atoms with Gasteiger partial charge in [0.15, 0.2) is 11.5 Å². The Morgan fingerprint density at radius 2 is 1.95 bits per heavy atom. The summed E-state index contributed by atoms with van der Waals surface area (Å²) in [5, 5.41) is 9.03. The molecule has 0 unspecified atom stereocenters. The van der Waals surface area contributed by atoms with Crippen LogP contribution in [0.15, 0.2) is 42.5 Å². The van der Waals surface area contributed by atoms with E-state index in [-0.39, 0.29) is 5.56 Å². The summed E-state index contributed by atoms with van der Waals surface area (Å²) in [4.78, 5) is 11.0. The summed E-state index contributed by atoms with van der Waals surface area (Å²) in [5.74, 6) is -0.0111. The number of carboxylic acids is 1. The van der Waals surface area contributed by atoms with Gasteiger partial charge in [0.05, 0.1) is 16.2 Å². The van der Waals surface area contributed by atoms with Crippen LogP contribution in [0, 0.1) is 3.57 Å². The zero-order valence-electron chi connectivity index (χ0n) is 10.8. The van der Waals surface area contributed by atoms with Crippen molar-refractivity contribution >= 4 is 28.6 Å². The molecule has 0 aromatic heterocycles. The van der Waals surface area contributed by atoms with Crippen LogP contribution >= 0.6 is 22.6 Å². The third-order valence-corrected chi connectivity index (χ3v) is 3.50. The average Bonchev–Trinajstić information content (AvgIpc) is 2.46. The van der Waals surface area contributed by atoms with Gasteiger partial charge in [0.2, 0.25) is 0 Å². The van der Waals surface area contributed by atoms with Gasteiger partial charge in [0.1, 0.15) is 6.61 Å². The first-order valence-electron chi connectivity index (χ1n) is 5.89. The molecule has 1 N–H and O–H groups in total. The van der Waals surface area contributed by atoms with Crippen LogP contribution in [0.2, 0.25) is 0 Å². The number of rotatable bonds is 5. The topological polar surface area (TPSA) is 55.8 Å². The number of ether oxygens (including phenoxy) is 2. The Balaban J connectivity index is 2.25. The molecule has 2 rings (SSSR count). The number of carbonyl (C=O) groups is 1. The molecule has 0 heterocycles. The zero-order valence-corrected chi connectivity index (χ0v) is 13.0. The maximum absolute atomic E-state index is 11.0. The van der Waals surface area contributed by atoms with Crippen molar-refractivity contribution in [2.24, 2.45) is 0 Å². The molecule has 4 nitrogen and oxygen atoms in total. The van der Waals surface area contributed by atoms with E-state index in [0.717, 1.165) is 5.56 Å². The SMILES string of the molecule is COc1cc(C(=O)O)cc(I)c1OCc1ccccc1. The fourth-order valence-electron chi connectivity index (χ4n) is 1.71. The molecule has 0 amide bonds. The Morgan fingerprint density at radius 1 is 1.25 bits per heavy atom. The van der Waals surface area contributed by atoms with E-state index in [1.165, 1.54) is 13.2 Å². The van der Waals surface area contributed by atoms with E-state index in [0.29, 0.717) is 21.7 Å². The lowest BCUT2D eigenvalue weighted by Gasteiger charge is -2.13. The van der Waals surface area contributed by atoms with Crippen molar-refractivity contribution in [2.75, 3.05) is 7.11 Å². The molecule has 20 heavy (non-hydrogen) atoms. The standard InChI is InChI=1S/C15H13IO4/c1-19-13-8-11(15(17)18)7-12(16)14(13)20-9-10-5-3-2-4-6-10/h2-8H,9H2,1H3,(H,17,18). The fourth-order valence-corrected chi connectivity index (χ4v) is 2.47. The number of hydrogen-bond acceptors (Lipinski definition) is 3. The molecule has 5 heteroatoms. The molecule has 0 saturated carbocycles. The number of hydrogen-bond donors (Lipinski definition) is 1. The first kappa shape index (κ1) is 14.6. The minimum atomic E-state index is -0.990. The number of methoxy groups -OCH3 is 1. The van der Waals surface area contributed by atoms with Gasteiger partial charge < -0.3 is 14.6 Å². The van der Waals surface area contributed by atoms with Crippen LogP contribution in [-0.4, -0.2) is 18.2 Å². The highest BCUT2D eigenvalue weighted by molar-refractivity contribution is 14.1. The van der Waals surface area contributed by atoms with Gasteiger partial charge in [-0.3, -0.25) is 0 Å². The van der Waals surface area contributed by atoms with E-state index in [2.05, 4.69) is 0 Å². The highest BCUT2D eigenvalue weighted by Crippen LogP contribution is 2.34. The second kappa shape index (κ2) is 6.60. The van der Waals surface area contributed by atoms with Crippen molar-refractivity contribution in [1.82, 2.24) is 0 Å². The normalized spacial score (nSPS) is 10.1. The highest BCUT2D eigenvalue weighted by atomic mass is 127. The summed E-state index contributed by atoms with van der Waals surface area (Å²) in [5.41, 5.74) is 1.21. The second-order valence-electron chi connectivity index (χ2n) is 4.07. The predicted octanol–water partition coefficient (Wildman–Crippen LogP) is 3.58. The van der Waals surface area contributed by atoms with E-state index in [1.807, 2.05) is 52.9 Å². The molecule has 2 aromatic carbocycles. The van der Waals surface area contributed by atoms with Crippen LogP contribution in [0.5, 0.6) is 11.5 Å². The van der Waals surface area contributed by atoms with E-state index in [1.54, 1.807) is 6.07 Å². The van der Waals surface area contributed by atoms with Crippen LogP contribution in [0.3, 0.4) is 0 Å². The summed E-state index contributed by atoms with van der Waals surface area (Å²) in [6.07, 6.45) is 0. The van der Waals surface area contributed by atoms with E-state index >= 15 is 0 Å². The lowest BCUT2D eigenvalue weighted by Crippen LogP contribution is -2.03. The smallest absolute Gasteiger partial charge is 0.335 e. The highest BCUT2D eigenvalue weighted by Gasteiger charge is 2.15. The fraction of sp³-hybridized carbons (Fsp3) is 0.133. The average molecular weight is 384 g/mol. The molecule has 2 aromatic rings. The number of benzene rings is 2. The van der Waals surface area contributed by atoms with Crippen LogP contribution in [-0.2, 0) is 6.61 Å². The zero-order chi connectivity index (χ0) is 14.5. The van der Waals surface area contributed by atoms with Crippen LogP contribution in [0.1, 0.15) is 15.9 Å². The van der Waals surface area contributed by atoms with Crippen molar-refractivity contribution in [3.8, 4) is 11.5 Å². The molecular weight excluding hydrogens is 371 g/mol. The first-order valence-corrected chi connectivity index (χ1v) is 6.97. The maximum atomic E-state index is 11.0. The van der Waals surface area contributed by atoms with Crippen molar-refractivity contribution in [1.29, 1.82) is 0 Å². The lowest BCUT2D eigenvalue weighted by atomic mass is 10.2. The molecule has 0 saturated heterocycles. The summed E-state index contributed by atoms with van der Waals surface area (Å²) in [7, 11) is 1.49. The second-order valence-corrected chi connectivity index (χ2v) is 5.23. The van der Waals surface area contributed by atoms with Gasteiger partial charge in [-0.1, -0.05) is 30.3 Å². The van der Waals surface area contributed by atoms with Gasteiger partial charge in [-0.25, -0.2) is 4.79 Å². The van der Waals surface area contributed by atoms with E-state index in [4.69, 9.17) is 14.6 Å². The van der Waals surface area contributed by atoms with E-state index in [9.17, 15) is 4.79 Å². The lowest BCUT2D eigenvalue weighted by molar-refractivity contribution is 0.0696. The molecule has 0 fully saturated rings. The van der Waals surface area contributed by atoms with Crippen molar-refractivity contribution < 1.29 is 19.4 Å². The van der Waals surface area contributed by atoms with Crippen molar-refractivity contribution in [3.63, 3.8) is 0 Å². The molecule has 0 radical (unpaired) electrons. The van der Waals surface area contributed by atoms with Gasteiger partial charge in [-0.05, 0) is 40.3 Å². The third kappa shape index (κ3) is 3.41. The monoisotopic (exact) mass is 384 g/mol. The molecule has 0 aliphatic heterocycles. The van der Waals surface area contributed by atoms with Gasteiger partial charge in [0, 0.05) is 0 Å². The predicted molar refractivity (Wildman–Crippen MR) is 83.4 cm³/mol. The summed E-state index contributed by atoms with van der Waals surface area (Å²) < 4.78 is 11.7. The van der Waals surface area contributed by atoms with Crippen LogP contribution < -0.4 is 9.47 Å². The molecule has 104 valence electrons. The Labute approximate surface area is 130 Å². The molecular formula is C15H13IO4. The number of aromatic carboxylic acids is 1. The Bertz CT molecular complexity index is 611. The summed E-state index contributed by atoms with van der Waals surface area (Å²) in [6, 6.07) is 12.8. The van der Waals surface area contributed by atoms with Crippen molar-refractivity contribution in [2.45, 2.75) is 6.61 Å². The first-order chi connectivity index (χ1) is 9.61. The summed E-state index contributed by atoms with van der Waals surface area (Å²) >= 11 is 2.04. The Morgan fingerprint density at radius 3 is 2.55 bits per heavy atom. The van der Waals surface area contributed by atoms with Gasteiger partial charge in [0.25, 0.3) is 0 Å². The quantitative estimate of drug-likeness (QED) is 0.801. The molecule has 0 bridgehead atoms. The summed E-state index contributed by atoms with van der Waals surface area (Å²) in [6.45, 7) is 0.402. The van der Waals surface area contributed by atoms with E-state index < -0.39 is 5.97 Å². The minimum absolute atomic E-state index is 0.179. The number of halogens is 1. The van der Waals surface area contributed by atoms with Gasteiger partial charge in [-0.2, -0.15) is 0 Å². The Hall–Kier alpha value is -1.76. The largest absolute Gasteiger partial charge is 0.493 e. The van der Waals surface area contributed by atoms with Crippen LogP contribution in [0.25, 0.3) is 0 Å². The third-order valence-electron chi connectivity index (χ3n) is 2.70. The van der Waals surface area contributed by atoms with Gasteiger partial charge in [-0.15, -0.1) is 0 Å². The van der Waals surface area contributed by atoms with Gasteiger partial charge >= 0.3 is 5.97 Å². The molecule has 0 aliphatic carbocycles. The number of carboxylic acid groups (broad SMARTS) is 1. The molecule has 0 spiro atoms. The Kier molecular flexibility index (Phi) is 4.84. The minimum Gasteiger partial charge on any atom is -0.493 e. The maximum Gasteiger partial charge on any atom is 0.335 e. The molecule has 0 atom stereocenters.